The van der Waals surface area contributed by atoms with Crippen LogP contribution in [0.15, 0.2) is 29.0 Å². The lowest BCUT2D eigenvalue weighted by Crippen LogP contribution is -2.36. The van der Waals surface area contributed by atoms with Gasteiger partial charge in [-0.15, -0.1) is 0 Å². The molecular weight excluding hydrogens is 400 g/mol. The number of likely N-dealkylation sites (tertiary alicyclic amines) is 1. The van der Waals surface area contributed by atoms with Crippen molar-refractivity contribution >= 4 is 17.2 Å². The Balaban J connectivity index is 1.79. The predicted molar refractivity (Wildman–Crippen MR) is 120 cm³/mol. The van der Waals surface area contributed by atoms with Crippen molar-refractivity contribution in [2.24, 2.45) is 0 Å². The summed E-state index contributed by atoms with van der Waals surface area (Å²) in [4.78, 5) is 15.5. The van der Waals surface area contributed by atoms with Crippen LogP contribution in [-0.4, -0.2) is 50.3 Å². The summed E-state index contributed by atoms with van der Waals surface area (Å²) in [6.45, 7) is 9.88. The summed E-state index contributed by atoms with van der Waals surface area (Å²) in [7, 11) is 0. The van der Waals surface area contributed by atoms with Gasteiger partial charge in [0.25, 0.3) is 5.91 Å². The highest BCUT2D eigenvalue weighted by molar-refractivity contribution is 7.07. The van der Waals surface area contributed by atoms with Gasteiger partial charge in [-0.05, 0) is 81.2 Å². The Kier molecular flexibility index (Phi) is 8.39. The Bertz CT molecular complexity index is 777. The smallest absolute Gasteiger partial charge is 0.251 e. The van der Waals surface area contributed by atoms with E-state index in [1.807, 2.05) is 20.8 Å². The maximum atomic E-state index is 13.0. The lowest BCUT2D eigenvalue weighted by atomic mass is 10.1. The first-order valence-electron chi connectivity index (χ1n) is 10.8. The molecule has 6 nitrogen and oxygen atoms in total. The first kappa shape index (κ1) is 22.4. The maximum Gasteiger partial charge on any atom is 0.251 e. The third-order valence-corrected chi connectivity index (χ3v) is 5.84. The van der Waals surface area contributed by atoms with Crippen LogP contribution in [0.5, 0.6) is 17.2 Å². The summed E-state index contributed by atoms with van der Waals surface area (Å²) in [5.74, 6) is 1.47. The summed E-state index contributed by atoms with van der Waals surface area (Å²) in [6, 6.07) is 5.82. The van der Waals surface area contributed by atoms with E-state index in [0.717, 1.165) is 13.1 Å². The second-order valence-electron chi connectivity index (χ2n) is 7.13. The number of rotatable bonds is 11. The zero-order valence-corrected chi connectivity index (χ0v) is 18.9. The molecule has 0 bridgehead atoms. The summed E-state index contributed by atoms with van der Waals surface area (Å²) in [6.07, 6.45) is 2.42. The van der Waals surface area contributed by atoms with Crippen LogP contribution in [0.25, 0.3) is 0 Å². The van der Waals surface area contributed by atoms with Crippen LogP contribution in [0, 0.1) is 0 Å². The Morgan fingerprint density at radius 2 is 1.70 bits per heavy atom. The number of benzene rings is 1. The fourth-order valence-electron chi connectivity index (χ4n) is 3.79. The monoisotopic (exact) mass is 432 g/mol. The van der Waals surface area contributed by atoms with E-state index in [1.54, 1.807) is 23.5 Å². The van der Waals surface area contributed by atoms with Gasteiger partial charge in [-0.1, -0.05) is 0 Å². The van der Waals surface area contributed by atoms with Gasteiger partial charge in [0.05, 0.1) is 25.9 Å². The molecule has 1 aromatic heterocycles. The second-order valence-corrected chi connectivity index (χ2v) is 7.91. The van der Waals surface area contributed by atoms with Crippen molar-refractivity contribution in [3.8, 4) is 17.2 Å². The fourth-order valence-corrected chi connectivity index (χ4v) is 4.49. The van der Waals surface area contributed by atoms with Crippen molar-refractivity contribution in [3.63, 3.8) is 0 Å². The first-order chi connectivity index (χ1) is 14.7. The number of ether oxygens (including phenoxy) is 3. The standard InChI is InChI=1S/C23H32N2O4S/c1-4-27-20-13-18(14-21(28-5-2)22(20)29-6-3)23(26)24-15-19(17-9-12-30-16-17)25-10-7-8-11-25/h9,12-14,16,19H,4-8,10-11,15H2,1-3H3,(H,24,26). The molecule has 7 heteroatoms. The van der Waals surface area contributed by atoms with Crippen LogP contribution in [-0.2, 0) is 0 Å². The van der Waals surface area contributed by atoms with Gasteiger partial charge in [-0.2, -0.15) is 11.3 Å². The molecule has 0 radical (unpaired) electrons. The van der Waals surface area contributed by atoms with E-state index in [1.165, 1.54) is 18.4 Å². The number of thiophene rings is 1. The molecule has 1 unspecified atom stereocenters. The number of nitrogens with zero attached hydrogens (tertiary/aromatic N) is 1. The van der Waals surface area contributed by atoms with Gasteiger partial charge in [0.1, 0.15) is 0 Å². The molecule has 0 aliphatic carbocycles. The summed E-state index contributed by atoms with van der Waals surface area (Å²) in [5, 5.41) is 7.39. The van der Waals surface area contributed by atoms with Gasteiger partial charge in [0.2, 0.25) is 5.75 Å². The number of carbonyl (C=O) groups excluding carboxylic acids is 1. The molecule has 1 aliphatic rings. The van der Waals surface area contributed by atoms with Crippen molar-refractivity contribution in [2.75, 3.05) is 39.5 Å². The average Bonchev–Trinajstić information content (AvgIpc) is 3.45. The highest BCUT2D eigenvalue weighted by Crippen LogP contribution is 2.39. The van der Waals surface area contributed by atoms with E-state index in [0.29, 0.717) is 49.2 Å². The molecule has 1 aliphatic heterocycles. The number of nitrogens with one attached hydrogen (secondary N) is 1. The molecule has 2 aromatic rings. The third-order valence-electron chi connectivity index (χ3n) is 5.14. The molecule has 30 heavy (non-hydrogen) atoms. The molecule has 1 fully saturated rings. The molecule has 1 amide bonds. The normalized spacial score (nSPS) is 15.0. The van der Waals surface area contributed by atoms with Crippen molar-refractivity contribution in [1.29, 1.82) is 0 Å². The molecule has 1 saturated heterocycles. The molecule has 1 atom stereocenters. The van der Waals surface area contributed by atoms with Crippen LogP contribution in [0.4, 0.5) is 0 Å². The molecule has 0 saturated carbocycles. The van der Waals surface area contributed by atoms with E-state index in [4.69, 9.17) is 14.2 Å². The van der Waals surface area contributed by atoms with E-state index in [9.17, 15) is 4.79 Å². The van der Waals surface area contributed by atoms with Crippen LogP contribution in [0.1, 0.15) is 55.6 Å². The zero-order valence-electron chi connectivity index (χ0n) is 18.1. The summed E-state index contributed by atoms with van der Waals surface area (Å²) >= 11 is 1.69. The number of carbonyl (C=O) groups is 1. The lowest BCUT2D eigenvalue weighted by molar-refractivity contribution is 0.0937. The Labute approximate surface area is 183 Å². The summed E-state index contributed by atoms with van der Waals surface area (Å²) in [5.41, 5.74) is 1.77. The van der Waals surface area contributed by atoms with Crippen molar-refractivity contribution in [2.45, 2.75) is 39.7 Å². The minimum Gasteiger partial charge on any atom is -0.490 e. The third kappa shape index (κ3) is 5.46. The highest BCUT2D eigenvalue weighted by Gasteiger charge is 2.25. The quantitative estimate of drug-likeness (QED) is 0.566. The van der Waals surface area contributed by atoms with E-state index >= 15 is 0 Å². The Morgan fingerprint density at radius 3 is 2.23 bits per heavy atom. The van der Waals surface area contributed by atoms with Crippen molar-refractivity contribution in [1.82, 2.24) is 10.2 Å². The summed E-state index contributed by atoms with van der Waals surface area (Å²) < 4.78 is 17.2. The van der Waals surface area contributed by atoms with Gasteiger partial charge < -0.3 is 19.5 Å². The van der Waals surface area contributed by atoms with Crippen LogP contribution >= 0.6 is 11.3 Å². The SMILES string of the molecule is CCOc1cc(C(=O)NCC(c2ccsc2)N2CCCC2)cc(OCC)c1OCC. The topological polar surface area (TPSA) is 60.0 Å². The maximum absolute atomic E-state index is 13.0. The molecule has 1 aromatic carbocycles. The minimum absolute atomic E-state index is 0.139. The van der Waals surface area contributed by atoms with Crippen molar-refractivity contribution < 1.29 is 19.0 Å². The van der Waals surface area contributed by atoms with E-state index in [-0.39, 0.29) is 11.9 Å². The van der Waals surface area contributed by atoms with Crippen LogP contribution < -0.4 is 19.5 Å². The average molecular weight is 433 g/mol. The lowest BCUT2D eigenvalue weighted by Gasteiger charge is -2.27. The van der Waals surface area contributed by atoms with Crippen LogP contribution in [0.2, 0.25) is 0 Å². The molecule has 164 valence electrons. The number of hydrogen-bond donors (Lipinski definition) is 1. The first-order valence-corrected chi connectivity index (χ1v) is 11.7. The molecule has 3 rings (SSSR count). The Morgan fingerprint density at radius 1 is 1.07 bits per heavy atom. The fraction of sp³-hybridized carbons (Fsp3) is 0.522. The number of amides is 1. The number of hydrogen-bond acceptors (Lipinski definition) is 6. The minimum atomic E-state index is -0.139. The molecule has 1 N–H and O–H groups in total. The molecular formula is C23H32N2O4S. The van der Waals surface area contributed by atoms with Crippen LogP contribution in [0.3, 0.4) is 0 Å². The Hall–Kier alpha value is -2.25. The van der Waals surface area contributed by atoms with Gasteiger partial charge in [-0.3, -0.25) is 9.69 Å². The van der Waals surface area contributed by atoms with Gasteiger partial charge in [0.15, 0.2) is 11.5 Å². The second kappa shape index (κ2) is 11.2. The van der Waals surface area contributed by atoms with Gasteiger partial charge in [-0.25, -0.2) is 0 Å². The molecule has 2 heterocycles. The van der Waals surface area contributed by atoms with E-state index < -0.39 is 0 Å². The van der Waals surface area contributed by atoms with Gasteiger partial charge >= 0.3 is 0 Å². The molecule has 0 spiro atoms. The van der Waals surface area contributed by atoms with Gasteiger partial charge in [0, 0.05) is 12.1 Å². The van der Waals surface area contributed by atoms with E-state index in [2.05, 4.69) is 27.0 Å². The largest absolute Gasteiger partial charge is 0.490 e. The highest BCUT2D eigenvalue weighted by atomic mass is 32.1. The predicted octanol–water partition coefficient (Wildman–Crippen LogP) is 4.51. The van der Waals surface area contributed by atoms with Crippen molar-refractivity contribution in [3.05, 3.63) is 40.1 Å². The zero-order chi connectivity index (χ0) is 21.3.